The molecule has 0 bridgehead atoms. The fourth-order valence-corrected chi connectivity index (χ4v) is 1.69. The summed E-state index contributed by atoms with van der Waals surface area (Å²) in [5.74, 6) is 0.0295. The molecule has 0 aromatic heterocycles. The summed E-state index contributed by atoms with van der Waals surface area (Å²) in [5.41, 5.74) is 1.38. The smallest absolute Gasteiger partial charge is 0.189 e. The van der Waals surface area contributed by atoms with Crippen LogP contribution < -0.4 is 0 Å². The molecule has 15 heavy (non-hydrogen) atoms. The number of hydrogen-bond donors (Lipinski definition) is 0. The quantitative estimate of drug-likeness (QED) is 0.693. The van der Waals surface area contributed by atoms with Gasteiger partial charge in [0.1, 0.15) is 0 Å². The van der Waals surface area contributed by atoms with Crippen molar-refractivity contribution in [1.82, 2.24) is 0 Å². The molecule has 0 unspecified atom stereocenters. The van der Waals surface area contributed by atoms with Crippen LogP contribution in [0.15, 0.2) is 53.1 Å². The minimum Gasteiger partial charge on any atom is -0.289 e. The topological polar surface area (TPSA) is 17.1 Å². The lowest BCUT2D eigenvalue weighted by Gasteiger charge is -2.09. The molecule has 0 amide bonds. The average Bonchev–Trinajstić information content (AvgIpc) is 2.29. The molecule has 0 saturated heterocycles. The number of Topliss-reactive ketones (excluding diaryl/α,β-unsaturated/α-hetero) is 1. The molecule has 0 atom stereocenters. The zero-order valence-electron chi connectivity index (χ0n) is 8.11. The molecule has 1 nitrogen and oxygen atoms in total. The van der Waals surface area contributed by atoms with Gasteiger partial charge in [0.15, 0.2) is 5.78 Å². The largest absolute Gasteiger partial charge is 0.289 e. The Labute approximate surface area is 94.1 Å². The number of benzene rings is 1. The number of carbonyl (C=O) groups is 1. The van der Waals surface area contributed by atoms with Crippen LogP contribution in [0.5, 0.6) is 0 Å². The van der Waals surface area contributed by atoms with Crippen molar-refractivity contribution in [3.63, 3.8) is 0 Å². The maximum absolute atomic E-state index is 12.0. The predicted octanol–water partition coefficient (Wildman–Crippen LogP) is 3.53. The molecule has 1 radical (unpaired) electrons. The molecule has 0 saturated carbocycles. The van der Waals surface area contributed by atoms with E-state index in [-0.39, 0.29) is 5.78 Å². The fourth-order valence-electron chi connectivity index (χ4n) is 1.48. The number of carbonyl (C=O) groups excluding carboxylic acids is 1. The van der Waals surface area contributed by atoms with Gasteiger partial charge in [0.25, 0.3) is 0 Å². The zero-order valence-corrected chi connectivity index (χ0v) is 8.87. The maximum Gasteiger partial charge on any atom is 0.189 e. The van der Waals surface area contributed by atoms with Crippen molar-refractivity contribution in [3.8, 4) is 0 Å². The monoisotopic (exact) mass is 217 g/mol. The Morgan fingerprint density at radius 2 is 1.93 bits per heavy atom. The minimum atomic E-state index is 0.0295. The van der Waals surface area contributed by atoms with Crippen molar-refractivity contribution in [2.75, 3.05) is 0 Å². The molecule has 2 rings (SSSR count). The van der Waals surface area contributed by atoms with Gasteiger partial charge in [-0.2, -0.15) is 0 Å². The van der Waals surface area contributed by atoms with Crippen molar-refractivity contribution in [3.05, 3.63) is 65.1 Å². The molecule has 1 aliphatic rings. The lowest BCUT2D eigenvalue weighted by molar-refractivity contribution is 0.103. The van der Waals surface area contributed by atoms with Crippen molar-refractivity contribution < 1.29 is 4.79 Å². The van der Waals surface area contributed by atoms with Gasteiger partial charge in [0.05, 0.1) is 0 Å². The molecule has 2 heteroatoms. The molecular weight excluding hydrogens is 208 g/mol. The summed E-state index contributed by atoms with van der Waals surface area (Å²) in [5, 5.41) is 0.636. The van der Waals surface area contributed by atoms with Crippen LogP contribution in [0.3, 0.4) is 0 Å². The molecule has 0 aliphatic heterocycles. The van der Waals surface area contributed by atoms with E-state index in [1.54, 1.807) is 6.08 Å². The highest BCUT2D eigenvalue weighted by Crippen LogP contribution is 2.22. The van der Waals surface area contributed by atoms with Gasteiger partial charge in [0, 0.05) is 16.2 Å². The van der Waals surface area contributed by atoms with Crippen molar-refractivity contribution in [2.24, 2.45) is 0 Å². The van der Waals surface area contributed by atoms with Crippen LogP contribution in [-0.4, -0.2) is 5.78 Å². The summed E-state index contributed by atoms with van der Waals surface area (Å²) in [6.45, 7) is 0. The van der Waals surface area contributed by atoms with Gasteiger partial charge < -0.3 is 0 Å². The molecular formula is C13H10ClO. The van der Waals surface area contributed by atoms with Gasteiger partial charge in [-0.1, -0.05) is 48.0 Å². The van der Waals surface area contributed by atoms with Gasteiger partial charge in [0.2, 0.25) is 0 Å². The van der Waals surface area contributed by atoms with Crippen LogP contribution in [0.4, 0.5) is 0 Å². The second kappa shape index (κ2) is 4.45. The van der Waals surface area contributed by atoms with E-state index in [9.17, 15) is 4.79 Å². The molecule has 1 aromatic carbocycles. The van der Waals surface area contributed by atoms with Crippen LogP contribution in [0.2, 0.25) is 0 Å². The molecule has 0 heterocycles. The SMILES string of the molecule is O=C(C1=CC(Cl)=CC[CH]1)c1ccccc1. The van der Waals surface area contributed by atoms with Gasteiger partial charge in [-0.15, -0.1) is 0 Å². The van der Waals surface area contributed by atoms with Crippen LogP contribution in [0.1, 0.15) is 16.8 Å². The van der Waals surface area contributed by atoms with Crippen LogP contribution in [-0.2, 0) is 0 Å². The van der Waals surface area contributed by atoms with E-state index < -0.39 is 0 Å². The third-order valence-corrected chi connectivity index (χ3v) is 2.51. The average molecular weight is 218 g/mol. The summed E-state index contributed by atoms with van der Waals surface area (Å²) in [6.07, 6.45) is 6.20. The summed E-state index contributed by atoms with van der Waals surface area (Å²) in [4.78, 5) is 12.0. The second-order valence-electron chi connectivity index (χ2n) is 3.32. The normalized spacial score (nSPS) is 15.5. The third kappa shape index (κ3) is 2.37. The molecule has 0 N–H and O–H groups in total. The number of hydrogen-bond acceptors (Lipinski definition) is 1. The summed E-state index contributed by atoms with van der Waals surface area (Å²) in [6, 6.07) is 9.22. The fraction of sp³-hybridized carbons (Fsp3) is 0.0769. The lowest BCUT2D eigenvalue weighted by Crippen LogP contribution is -2.05. The predicted molar refractivity (Wildman–Crippen MR) is 61.7 cm³/mol. The molecule has 0 spiro atoms. The van der Waals surface area contributed by atoms with E-state index >= 15 is 0 Å². The first-order valence-electron chi connectivity index (χ1n) is 4.77. The Hall–Kier alpha value is -1.34. The Morgan fingerprint density at radius 3 is 2.60 bits per heavy atom. The zero-order chi connectivity index (χ0) is 10.7. The maximum atomic E-state index is 12.0. The van der Waals surface area contributed by atoms with E-state index in [1.807, 2.05) is 42.8 Å². The highest BCUT2D eigenvalue weighted by atomic mass is 35.5. The van der Waals surface area contributed by atoms with Crippen molar-refractivity contribution >= 4 is 17.4 Å². The Kier molecular flexibility index (Phi) is 3.02. The number of allylic oxidation sites excluding steroid dienone is 4. The van der Waals surface area contributed by atoms with E-state index in [4.69, 9.17) is 11.6 Å². The van der Waals surface area contributed by atoms with Crippen LogP contribution in [0, 0.1) is 6.42 Å². The van der Waals surface area contributed by atoms with Gasteiger partial charge in [-0.3, -0.25) is 4.79 Å². The Bertz CT molecular complexity index is 429. The van der Waals surface area contributed by atoms with Gasteiger partial charge >= 0.3 is 0 Å². The first kappa shape index (κ1) is 10.2. The Balaban J connectivity index is 2.26. The highest BCUT2D eigenvalue weighted by molar-refractivity contribution is 6.32. The van der Waals surface area contributed by atoms with Crippen molar-refractivity contribution in [1.29, 1.82) is 0 Å². The molecule has 1 aliphatic carbocycles. The number of halogens is 1. The summed E-state index contributed by atoms with van der Waals surface area (Å²) >= 11 is 5.86. The first-order chi connectivity index (χ1) is 7.27. The summed E-state index contributed by atoms with van der Waals surface area (Å²) in [7, 11) is 0. The second-order valence-corrected chi connectivity index (χ2v) is 3.76. The van der Waals surface area contributed by atoms with E-state index in [0.717, 1.165) is 6.42 Å². The van der Waals surface area contributed by atoms with Crippen molar-refractivity contribution in [2.45, 2.75) is 6.42 Å². The Morgan fingerprint density at radius 1 is 1.20 bits per heavy atom. The summed E-state index contributed by atoms with van der Waals surface area (Å²) < 4.78 is 0. The van der Waals surface area contributed by atoms with Gasteiger partial charge in [-0.25, -0.2) is 0 Å². The third-order valence-electron chi connectivity index (χ3n) is 2.24. The van der Waals surface area contributed by atoms with E-state index in [1.165, 1.54) is 0 Å². The van der Waals surface area contributed by atoms with Gasteiger partial charge in [-0.05, 0) is 18.9 Å². The lowest BCUT2D eigenvalue weighted by atomic mass is 9.96. The van der Waals surface area contributed by atoms with Crippen LogP contribution in [0.25, 0.3) is 0 Å². The van der Waals surface area contributed by atoms with E-state index in [0.29, 0.717) is 16.2 Å². The molecule has 1 aromatic rings. The first-order valence-corrected chi connectivity index (χ1v) is 5.15. The minimum absolute atomic E-state index is 0.0295. The number of ketones is 1. The standard InChI is InChI=1S/C13H10ClO/c14-12-8-4-7-11(9-12)13(15)10-5-2-1-3-6-10/h1-3,5-9H,4H2. The van der Waals surface area contributed by atoms with E-state index in [2.05, 4.69) is 0 Å². The van der Waals surface area contributed by atoms with Crippen LogP contribution >= 0.6 is 11.6 Å². The molecule has 75 valence electrons. The number of rotatable bonds is 2. The molecule has 0 fully saturated rings. The highest BCUT2D eigenvalue weighted by Gasteiger charge is 2.14.